The van der Waals surface area contributed by atoms with Crippen molar-refractivity contribution in [3.05, 3.63) is 34.9 Å². The number of carbonyl (C=O) groups excluding carboxylic acids is 1. The van der Waals surface area contributed by atoms with Gasteiger partial charge < -0.3 is 10.5 Å². The maximum Gasteiger partial charge on any atom is 0.248 e. The summed E-state index contributed by atoms with van der Waals surface area (Å²) in [5, 5.41) is 0. The van der Waals surface area contributed by atoms with Gasteiger partial charge in [-0.1, -0.05) is 6.07 Å². The van der Waals surface area contributed by atoms with E-state index < -0.39 is 0 Å². The molecule has 0 aliphatic heterocycles. The maximum absolute atomic E-state index is 11.0. The molecule has 0 saturated carbocycles. The summed E-state index contributed by atoms with van der Waals surface area (Å²) in [6.07, 6.45) is 3.24. The number of primary amides is 1. The molecule has 0 spiro atoms. The molecule has 1 aromatic rings. The van der Waals surface area contributed by atoms with Crippen LogP contribution < -0.4 is 5.73 Å². The third-order valence-electron chi connectivity index (χ3n) is 3.01. The van der Waals surface area contributed by atoms with E-state index in [2.05, 4.69) is 0 Å². The molecule has 0 fully saturated rings. The van der Waals surface area contributed by atoms with Crippen LogP contribution in [0.3, 0.4) is 0 Å². The van der Waals surface area contributed by atoms with Gasteiger partial charge in [0.05, 0.1) is 6.10 Å². The highest BCUT2D eigenvalue weighted by atomic mass is 16.5. The Morgan fingerprint density at radius 2 is 2.27 bits per heavy atom. The molecule has 0 saturated heterocycles. The number of carbonyl (C=O) groups is 1. The van der Waals surface area contributed by atoms with Gasteiger partial charge in [0.1, 0.15) is 0 Å². The van der Waals surface area contributed by atoms with Crippen molar-refractivity contribution in [1.82, 2.24) is 0 Å². The second kappa shape index (κ2) is 4.03. The Morgan fingerprint density at radius 1 is 1.47 bits per heavy atom. The first-order chi connectivity index (χ1) is 7.20. The first kappa shape index (κ1) is 10.2. The van der Waals surface area contributed by atoms with Crippen LogP contribution in [0.5, 0.6) is 0 Å². The monoisotopic (exact) mass is 205 g/mol. The van der Waals surface area contributed by atoms with Gasteiger partial charge in [-0.2, -0.15) is 0 Å². The number of hydrogen-bond acceptors (Lipinski definition) is 2. The SMILES string of the molecule is COC1CCc2cc(C(N)=O)ccc2C1. The van der Waals surface area contributed by atoms with Crippen molar-refractivity contribution < 1.29 is 9.53 Å². The molecular weight excluding hydrogens is 190 g/mol. The third kappa shape index (κ3) is 2.02. The van der Waals surface area contributed by atoms with Crippen LogP contribution in [0, 0.1) is 0 Å². The maximum atomic E-state index is 11.0. The molecule has 0 heterocycles. The fourth-order valence-corrected chi connectivity index (χ4v) is 2.08. The molecule has 1 unspecified atom stereocenters. The molecule has 1 amide bonds. The molecule has 1 aromatic carbocycles. The number of aryl methyl sites for hydroxylation is 1. The van der Waals surface area contributed by atoms with Crippen molar-refractivity contribution in [2.45, 2.75) is 25.4 Å². The summed E-state index contributed by atoms with van der Waals surface area (Å²) in [5.41, 5.74) is 8.35. The van der Waals surface area contributed by atoms with Crippen molar-refractivity contribution in [1.29, 1.82) is 0 Å². The molecule has 0 aromatic heterocycles. The van der Waals surface area contributed by atoms with E-state index in [4.69, 9.17) is 10.5 Å². The number of nitrogens with two attached hydrogens (primary N) is 1. The standard InChI is InChI=1S/C12H15NO2/c1-15-11-5-4-8-6-10(12(13)14)3-2-9(8)7-11/h2-3,6,11H,4-5,7H2,1H3,(H2,13,14). The van der Waals surface area contributed by atoms with Crippen LogP contribution in [0.25, 0.3) is 0 Å². The topological polar surface area (TPSA) is 52.3 Å². The lowest BCUT2D eigenvalue weighted by molar-refractivity contribution is 0.0910. The smallest absolute Gasteiger partial charge is 0.248 e. The van der Waals surface area contributed by atoms with Crippen LogP contribution in [-0.4, -0.2) is 19.1 Å². The minimum Gasteiger partial charge on any atom is -0.381 e. The van der Waals surface area contributed by atoms with E-state index in [9.17, 15) is 4.79 Å². The number of amides is 1. The number of ether oxygens (including phenoxy) is 1. The van der Waals surface area contributed by atoms with Gasteiger partial charge >= 0.3 is 0 Å². The number of hydrogen-bond donors (Lipinski definition) is 1. The first-order valence-electron chi connectivity index (χ1n) is 5.15. The van der Waals surface area contributed by atoms with E-state index in [-0.39, 0.29) is 5.91 Å². The molecule has 1 aliphatic rings. The predicted molar refractivity (Wildman–Crippen MR) is 57.8 cm³/mol. The highest BCUT2D eigenvalue weighted by molar-refractivity contribution is 5.93. The lowest BCUT2D eigenvalue weighted by atomic mass is 9.88. The largest absolute Gasteiger partial charge is 0.381 e. The van der Waals surface area contributed by atoms with Gasteiger partial charge in [0.15, 0.2) is 0 Å². The summed E-state index contributed by atoms with van der Waals surface area (Å²) in [6.45, 7) is 0. The molecule has 0 bridgehead atoms. The van der Waals surface area contributed by atoms with Crippen molar-refractivity contribution in [3.8, 4) is 0 Å². The summed E-state index contributed by atoms with van der Waals surface area (Å²) < 4.78 is 5.33. The van der Waals surface area contributed by atoms with Crippen LogP contribution in [0.1, 0.15) is 27.9 Å². The van der Waals surface area contributed by atoms with Gasteiger partial charge in [0.25, 0.3) is 0 Å². The summed E-state index contributed by atoms with van der Waals surface area (Å²) in [6, 6.07) is 5.68. The molecule has 80 valence electrons. The number of benzene rings is 1. The fraction of sp³-hybridized carbons (Fsp3) is 0.417. The first-order valence-corrected chi connectivity index (χ1v) is 5.15. The summed E-state index contributed by atoms with van der Waals surface area (Å²) in [5.74, 6) is -0.355. The van der Waals surface area contributed by atoms with E-state index in [1.54, 1.807) is 13.2 Å². The molecular formula is C12H15NO2. The van der Waals surface area contributed by atoms with Gasteiger partial charge in [0.2, 0.25) is 5.91 Å². The Balaban J connectivity index is 2.28. The Bertz CT molecular complexity index is 387. The minimum atomic E-state index is -0.355. The van der Waals surface area contributed by atoms with E-state index in [1.807, 2.05) is 12.1 Å². The Morgan fingerprint density at radius 3 is 2.93 bits per heavy atom. The van der Waals surface area contributed by atoms with E-state index in [0.29, 0.717) is 11.7 Å². The van der Waals surface area contributed by atoms with Crippen molar-refractivity contribution in [2.24, 2.45) is 5.73 Å². The number of fused-ring (bicyclic) bond motifs is 1. The molecule has 3 heteroatoms. The zero-order chi connectivity index (χ0) is 10.8. The summed E-state index contributed by atoms with van der Waals surface area (Å²) in [7, 11) is 1.74. The predicted octanol–water partition coefficient (Wildman–Crippen LogP) is 1.29. The average molecular weight is 205 g/mol. The molecule has 1 atom stereocenters. The Kier molecular flexibility index (Phi) is 2.73. The van der Waals surface area contributed by atoms with Gasteiger partial charge in [-0.05, 0) is 42.5 Å². The molecule has 0 radical (unpaired) electrons. The molecule has 3 nitrogen and oxygen atoms in total. The third-order valence-corrected chi connectivity index (χ3v) is 3.01. The summed E-state index contributed by atoms with van der Waals surface area (Å²) in [4.78, 5) is 11.0. The normalized spacial score (nSPS) is 19.7. The molecule has 15 heavy (non-hydrogen) atoms. The van der Waals surface area contributed by atoms with E-state index >= 15 is 0 Å². The minimum absolute atomic E-state index is 0.317. The molecule has 2 rings (SSSR count). The van der Waals surface area contributed by atoms with Crippen LogP contribution >= 0.6 is 0 Å². The highest BCUT2D eigenvalue weighted by Gasteiger charge is 2.18. The molecule has 2 N–H and O–H groups in total. The van der Waals surface area contributed by atoms with Crippen molar-refractivity contribution in [2.75, 3.05) is 7.11 Å². The van der Waals surface area contributed by atoms with Crippen LogP contribution in [0.15, 0.2) is 18.2 Å². The number of methoxy groups -OCH3 is 1. The molecule has 1 aliphatic carbocycles. The number of rotatable bonds is 2. The Hall–Kier alpha value is -1.35. The van der Waals surface area contributed by atoms with Crippen molar-refractivity contribution in [3.63, 3.8) is 0 Å². The van der Waals surface area contributed by atoms with Crippen molar-refractivity contribution >= 4 is 5.91 Å². The average Bonchev–Trinajstić information content (AvgIpc) is 2.27. The lowest BCUT2D eigenvalue weighted by Crippen LogP contribution is -2.22. The fourth-order valence-electron chi connectivity index (χ4n) is 2.08. The quantitative estimate of drug-likeness (QED) is 0.791. The zero-order valence-corrected chi connectivity index (χ0v) is 8.82. The van der Waals surface area contributed by atoms with Crippen LogP contribution in [-0.2, 0) is 17.6 Å². The second-order valence-corrected chi connectivity index (χ2v) is 3.95. The van der Waals surface area contributed by atoms with Gasteiger partial charge in [-0.15, -0.1) is 0 Å². The van der Waals surface area contributed by atoms with Gasteiger partial charge in [0, 0.05) is 12.7 Å². The van der Waals surface area contributed by atoms with Gasteiger partial charge in [-0.25, -0.2) is 0 Å². The highest BCUT2D eigenvalue weighted by Crippen LogP contribution is 2.23. The van der Waals surface area contributed by atoms with E-state index in [1.165, 1.54) is 11.1 Å². The zero-order valence-electron chi connectivity index (χ0n) is 8.82. The Labute approximate surface area is 89.2 Å². The van der Waals surface area contributed by atoms with Gasteiger partial charge in [-0.3, -0.25) is 4.79 Å². The second-order valence-electron chi connectivity index (χ2n) is 3.95. The van der Waals surface area contributed by atoms with Crippen LogP contribution in [0.4, 0.5) is 0 Å². The van der Waals surface area contributed by atoms with Crippen LogP contribution in [0.2, 0.25) is 0 Å². The van der Waals surface area contributed by atoms with E-state index in [0.717, 1.165) is 19.3 Å². The summed E-state index contributed by atoms with van der Waals surface area (Å²) >= 11 is 0. The lowest BCUT2D eigenvalue weighted by Gasteiger charge is -2.23.